The van der Waals surface area contributed by atoms with Gasteiger partial charge in [0.2, 0.25) is 4.80 Å². The number of aromatic nitrogens is 2. The largest absolute Gasteiger partial charge is 0.376 e. The first-order chi connectivity index (χ1) is 12.4. The minimum Gasteiger partial charge on any atom is -0.376 e. The molecule has 1 saturated heterocycles. The fourth-order valence-electron chi connectivity index (χ4n) is 2.65. The van der Waals surface area contributed by atoms with E-state index in [9.17, 15) is 0 Å². The Hall–Kier alpha value is -2.09. The van der Waals surface area contributed by atoms with Crippen LogP contribution in [0.2, 0.25) is 0 Å². The first-order valence-corrected chi connectivity index (χ1v) is 9.98. The van der Waals surface area contributed by atoms with Crippen LogP contribution in [0, 0.1) is 0 Å². The molecule has 3 aromatic heterocycles. The topological polar surface area (TPSA) is 51.8 Å². The van der Waals surface area contributed by atoms with E-state index in [-0.39, 0.29) is 6.10 Å². The molecule has 0 N–H and O–H groups in total. The van der Waals surface area contributed by atoms with Crippen molar-refractivity contribution >= 4 is 28.9 Å². The molecule has 1 fully saturated rings. The summed E-state index contributed by atoms with van der Waals surface area (Å²) in [5, 5.41) is 8.83. The lowest BCUT2D eigenvalue weighted by molar-refractivity contribution is 0.117. The maximum atomic E-state index is 5.68. The van der Waals surface area contributed by atoms with Gasteiger partial charge in [0.15, 0.2) is 0 Å². The van der Waals surface area contributed by atoms with Gasteiger partial charge in [-0.1, -0.05) is 12.1 Å². The van der Waals surface area contributed by atoms with Gasteiger partial charge in [-0.15, -0.1) is 22.7 Å². The van der Waals surface area contributed by atoms with Crippen molar-refractivity contribution in [3.63, 3.8) is 0 Å². The lowest BCUT2D eigenvalue weighted by Gasteiger charge is -2.04. The maximum Gasteiger partial charge on any atom is 0.206 e. The molecule has 3 aromatic rings. The lowest BCUT2D eigenvalue weighted by atomic mass is 10.2. The summed E-state index contributed by atoms with van der Waals surface area (Å²) in [6.07, 6.45) is 5.99. The van der Waals surface area contributed by atoms with Gasteiger partial charge in [-0.05, 0) is 36.4 Å². The molecule has 1 atom stereocenters. The molecule has 5 nitrogen and oxygen atoms in total. The SMILES string of the molecule is C(=N/n1c(-c2cccs2)csc1=NC[C@H]1CCCO1)/c1ccccn1. The van der Waals surface area contributed by atoms with Crippen LogP contribution in [0.1, 0.15) is 18.5 Å². The first kappa shape index (κ1) is 16.4. The highest BCUT2D eigenvalue weighted by Crippen LogP contribution is 2.25. The molecule has 4 heterocycles. The van der Waals surface area contributed by atoms with Crippen LogP contribution >= 0.6 is 22.7 Å². The molecule has 128 valence electrons. The van der Waals surface area contributed by atoms with E-state index >= 15 is 0 Å². The zero-order chi connectivity index (χ0) is 16.9. The fraction of sp³-hybridized carbons (Fsp3) is 0.278. The first-order valence-electron chi connectivity index (χ1n) is 8.22. The summed E-state index contributed by atoms with van der Waals surface area (Å²) in [5.41, 5.74) is 1.88. The predicted octanol–water partition coefficient (Wildman–Crippen LogP) is 3.64. The van der Waals surface area contributed by atoms with Crippen molar-refractivity contribution in [2.24, 2.45) is 10.1 Å². The Kier molecular flexibility index (Phi) is 5.15. The zero-order valence-corrected chi connectivity index (χ0v) is 15.2. The Bertz CT molecular complexity index is 891. The van der Waals surface area contributed by atoms with Gasteiger partial charge in [0.1, 0.15) is 0 Å². The minimum atomic E-state index is 0.237. The molecular weight excluding hydrogens is 352 g/mol. The van der Waals surface area contributed by atoms with Gasteiger partial charge in [0.25, 0.3) is 0 Å². The zero-order valence-electron chi connectivity index (χ0n) is 13.6. The Balaban J connectivity index is 1.69. The lowest BCUT2D eigenvalue weighted by Crippen LogP contribution is -2.17. The van der Waals surface area contributed by atoms with Crippen LogP contribution in [-0.2, 0) is 4.74 Å². The van der Waals surface area contributed by atoms with Crippen molar-refractivity contribution < 1.29 is 4.74 Å². The van der Waals surface area contributed by atoms with Crippen LogP contribution in [0.25, 0.3) is 10.6 Å². The van der Waals surface area contributed by atoms with Gasteiger partial charge >= 0.3 is 0 Å². The second kappa shape index (κ2) is 7.86. The molecule has 1 aliphatic rings. The van der Waals surface area contributed by atoms with E-state index in [0.717, 1.165) is 35.6 Å². The van der Waals surface area contributed by atoms with Gasteiger partial charge in [0, 0.05) is 18.2 Å². The molecule has 0 bridgehead atoms. The molecule has 0 amide bonds. The molecule has 25 heavy (non-hydrogen) atoms. The Labute approximate surface area is 154 Å². The monoisotopic (exact) mass is 370 g/mol. The molecule has 1 aliphatic heterocycles. The van der Waals surface area contributed by atoms with Crippen molar-refractivity contribution in [3.8, 4) is 10.6 Å². The van der Waals surface area contributed by atoms with E-state index in [1.165, 1.54) is 4.88 Å². The number of hydrogen-bond donors (Lipinski definition) is 0. The summed E-state index contributed by atoms with van der Waals surface area (Å²) in [7, 11) is 0. The average Bonchev–Trinajstić information content (AvgIpc) is 3.40. The number of hydrogen-bond acceptors (Lipinski definition) is 6. The molecular formula is C18H18N4OS2. The van der Waals surface area contributed by atoms with Crippen LogP contribution in [0.15, 0.2) is 57.4 Å². The number of ether oxygens (including phenoxy) is 1. The Morgan fingerprint density at radius 2 is 2.28 bits per heavy atom. The fourth-order valence-corrected chi connectivity index (χ4v) is 4.29. The van der Waals surface area contributed by atoms with Gasteiger partial charge in [-0.2, -0.15) is 5.10 Å². The average molecular weight is 371 g/mol. The van der Waals surface area contributed by atoms with Crippen LogP contribution in [0.5, 0.6) is 0 Å². The summed E-state index contributed by atoms with van der Waals surface area (Å²) < 4.78 is 7.58. The second-order valence-electron chi connectivity index (χ2n) is 5.67. The van der Waals surface area contributed by atoms with Crippen molar-refractivity contribution in [2.45, 2.75) is 18.9 Å². The highest BCUT2D eigenvalue weighted by Gasteiger charge is 2.15. The van der Waals surface area contributed by atoms with E-state index in [2.05, 4.69) is 26.9 Å². The van der Waals surface area contributed by atoms with Crippen LogP contribution in [-0.4, -0.2) is 35.1 Å². The highest BCUT2D eigenvalue weighted by atomic mass is 32.1. The molecule has 7 heteroatoms. The summed E-state index contributed by atoms with van der Waals surface area (Å²) in [5.74, 6) is 0. The summed E-state index contributed by atoms with van der Waals surface area (Å²) in [6.45, 7) is 1.53. The maximum absolute atomic E-state index is 5.68. The Morgan fingerprint density at radius 1 is 1.28 bits per heavy atom. The third-order valence-corrected chi connectivity index (χ3v) is 5.65. The van der Waals surface area contributed by atoms with Crippen LogP contribution < -0.4 is 4.80 Å². The van der Waals surface area contributed by atoms with E-state index in [1.807, 2.05) is 28.9 Å². The molecule has 0 radical (unpaired) electrons. The smallest absolute Gasteiger partial charge is 0.206 e. The highest BCUT2D eigenvalue weighted by molar-refractivity contribution is 7.14. The normalized spacial score (nSPS) is 18.4. The predicted molar refractivity (Wildman–Crippen MR) is 102 cm³/mol. The molecule has 0 spiro atoms. The van der Waals surface area contributed by atoms with Gasteiger partial charge in [-0.25, -0.2) is 4.68 Å². The number of nitrogens with zero attached hydrogens (tertiary/aromatic N) is 4. The summed E-state index contributed by atoms with van der Waals surface area (Å²) in [6, 6.07) is 9.94. The number of thiophene rings is 1. The van der Waals surface area contributed by atoms with Crippen molar-refractivity contribution in [2.75, 3.05) is 13.2 Å². The molecule has 0 aliphatic carbocycles. The number of thiazole rings is 1. The number of rotatable bonds is 5. The number of pyridine rings is 1. The van der Waals surface area contributed by atoms with E-state index < -0.39 is 0 Å². The Morgan fingerprint density at radius 3 is 3.04 bits per heavy atom. The third kappa shape index (κ3) is 3.95. The summed E-state index contributed by atoms with van der Waals surface area (Å²) >= 11 is 3.30. The minimum absolute atomic E-state index is 0.237. The second-order valence-corrected chi connectivity index (χ2v) is 7.45. The quantitative estimate of drug-likeness (QED) is 0.644. The van der Waals surface area contributed by atoms with Gasteiger partial charge in [-0.3, -0.25) is 9.98 Å². The van der Waals surface area contributed by atoms with Crippen molar-refractivity contribution in [1.82, 2.24) is 9.66 Å². The summed E-state index contributed by atoms with van der Waals surface area (Å²) in [4.78, 5) is 11.1. The van der Waals surface area contributed by atoms with Crippen molar-refractivity contribution in [3.05, 3.63) is 57.8 Å². The molecule has 0 saturated carbocycles. The molecule has 0 unspecified atom stereocenters. The van der Waals surface area contributed by atoms with Crippen LogP contribution in [0.4, 0.5) is 0 Å². The van der Waals surface area contributed by atoms with E-state index in [0.29, 0.717) is 6.54 Å². The molecule has 0 aromatic carbocycles. The van der Waals surface area contributed by atoms with E-state index in [1.54, 1.807) is 35.1 Å². The van der Waals surface area contributed by atoms with Gasteiger partial charge in [0.05, 0.1) is 35.1 Å². The van der Waals surface area contributed by atoms with Crippen molar-refractivity contribution in [1.29, 1.82) is 0 Å². The van der Waals surface area contributed by atoms with E-state index in [4.69, 9.17) is 9.73 Å². The van der Waals surface area contributed by atoms with Gasteiger partial charge < -0.3 is 4.74 Å². The van der Waals surface area contributed by atoms with Crippen LogP contribution in [0.3, 0.4) is 0 Å². The standard InChI is InChI=1S/C18H18N4OS2/c1-2-8-19-14(5-1)11-21-22-16(17-7-4-10-24-17)13-25-18(22)20-12-15-6-3-9-23-15/h1-2,4-5,7-8,10-11,13,15H,3,6,9,12H2/b20-18?,21-11-/t15-/m1/s1. The third-order valence-electron chi connectivity index (χ3n) is 3.91. The molecule has 4 rings (SSSR count).